The van der Waals surface area contributed by atoms with Gasteiger partial charge in [0.15, 0.2) is 0 Å². The molecule has 0 bridgehead atoms. The summed E-state index contributed by atoms with van der Waals surface area (Å²) in [6.45, 7) is 2.12. The van der Waals surface area contributed by atoms with Gasteiger partial charge < -0.3 is 25.2 Å². The molecule has 144 valence electrons. The number of aliphatic hydroxyl groups excluding tert-OH is 4. The van der Waals surface area contributed by atoms with Gasteiger partial charge in [-0.05, 0) is 26.2 Å². The normalized spacial score (nSPS) is 28.0. The van der Waals surface area contributed by atoms with E-state index in [1.165, 1.54) is 0 Å². The van der Waals surface area contributed by atoms with E-state index >= 15 is 0 Å². The summed E-state index contributed by atoms with van der Waals surface area (Å²) < 4.78 is 5.16. The van der Waals surface area contributed by atoms with Gasteiger partial charge in [-0.3, -0.25) is 9.69 Å². The van der Waals surface area contributed by atoms with Crippen molar-refractivity contribution in [2.75, 3.05) is 26.3 Å². The fourth-order valence-electron chi connectivity index (χ4n) is 2.78. The number of nitrogens with zero attached hydrogens (tertiary/aromatic N) is 1. The smallest absolute Gasteiger partial charge is 0.305 e. The molecule has 1 heterocycles. The second kappa shape index (κ2) is 12.2. The number of piperidine rings is 1. The minimum Gasteiger partial charge on any atom is -0.464 e. The van der Waals surface area contributed by atoms with Crippen molar-refractivity contribution in [2.24, 2.45) is 0 Å². The molecule has 0 unspecified atom stereocenters. The lowest BCUT2D eigenvalue weighted by molar-refractivity contribution is -0.154. The van der Waals surface area contributed by atoms with Gasteiger partial charge in [-0.1, -0.05) is 24.3 Å². The highest BCUT2D eigenvalue weighted by molar-refractivity contribution is 5.69. The molecule has 1 aliphatic rings. The van der Waals surface area contributed by atoms with Crippen LogP contribution in [0, 0.1) is 0 Å². The van der Waals surface area contributed by atoms with Gasteiger partial charge in [-0.2, -0.15) is 0 Å². The van der Waals surface area contributed by atoms with E-state index in [9.17, 15) is 25.2 Å². The first kappa shape index (κ1) is 21.8. The molecule has 4 atom stereocenters. The molecule has 0 spiro atoms. The quantitative estimate of drug-likeness (QED) is 0.247. The minimum atomic E-state index is -1.28. The van der Waals surface area contributed by atoms with E-state index in [4.69, 9.17) is 4.74 Å². The van der Waals surface area contributed by atoms with Crippen LogP contribution in [0.5, 0.6) is 0 Å². The van der Waals surface area contributed by atoms with Gasteiger partial charge in [0, 0.05) is 19.5 Å². The molecule has 1 aliphatic heterocycles. The molecule has 0 aromatic rings. The molecular weight excluding hydrogens is 326 g/mol. The fourth-order valence-corrected chi connectivity index (χ4v) is 2.78. The third kappa shape index (κ3) is 7.66. The van der Waals surface area contributed by atoms with Crippen LogP contribution in [0.2, 0.25) is 0 Å². The van der Waals surface area contributed by atoms with Crippen LogP contribution in [-0.2, 0) is 9.53 Å². The monoisotopic (exact) mass is 357 g/mol. The summed E-state index contributed by atoms with van der Waals surface area (Å²) in [6, 6.07) is -0.681. The summed E-state index contributed by atoms with van der Waals surface area (Å²) in [6.07, 6.45) is 7.30. The maximum atomic E-state index is 11.7. The predicted octanol–water partition coefficient (Wildman–Crippen LogP) is -0.0185. The molecule has 0 aliphatic carbocycles. The largest absolute Gasteiger partial charge is 0.464 e. The summed E-state index contributed by atoms with van der Waals surface area (Å²) in [5.74, 6) is -0.291. The maximum Gasteiger partial charge on any atom is 0.305 e. The first-order valence-corrected chi connectivity index (χ1v) is 8.82. The van der Waals surface area contributed by atoms with Crippen molar-refractivity contribution in [3.05, 3.63) is 24.3 Å². The SMILES string of the molecule is C/C=C\C/C=C\CCCC(=O)OCCN1C[C@H](O)[C@@H](O)[C@H](O)[C@H]1CO. The van der Waals surface area contributed by atoms with Crippen LogP contribution >= 0.6 is 0 Å². The number of likely N-dealkylation sites (tertiary alicyclic amines) is 1. The van der Waals surface area contributed by atoms with Gasteiger partial charge in [-0.25, -0.2) is 0 Å². The molecule has 0 aromatic carbocycles. The van der Waals surface area contributed by atoms with Crippen molar-refractivity contribution in [1.29, 1.82) is 0 Å². The van der Waals surface area contributed by atoms with Crippen LogP contribution < -0.4 is 0 Å². The number of hydrogen-bond donors (Lipinski definition) is 4. The summed E-state index contributed by atoms with van der Waals surface area (Å²) in [7, 11) is 0. The molecule has 1 fully saturated rings. The van der Waals surface area contributed by atoms with Gasteiger partial charge in [0.1, 0.15) is 18.8 Å². The number of unbranched alkanes of at least 4 members (excludes halogenated alkanes) is 1. The van der Waals surface area contributed by atoms with Crippen molar-refractivity contribution in [2.45, 2.75) is 57.0 Å². The Bertz CT molecular complexity index is 439. The Labute approximate surface area is 149 Å². The standard InChI is InChI=1S/C18H31NO6/c1-2-3-4-5-6-7-8-9-16(22)25-11-10-19-12-15(21)18(24)17(23)14(19)13-20/h2-3,5-6,14-15,17-18,20-21,23-24H,4,7-13H2,1H3/b3-2-,6-5-/t14-,15+,17-,18-/m1/s1. The minimum absolute atomic E-state index is 0.109. The van der Waals surface area contributed by atoms with E-state index in [0.717, 1.165) is 19.3 Å². The zero-order chi connectivity index (χ0) is 18.7. The molecule has 0 radical (unpaired) electrons. The molecule has 1 rings (SSSR count). The van der Waals surface area contributed by atoms with Crippen LogP contribution in [0.4, 0.5) is 0 Å². The number of ether oxygens (including phenoxy) is 1. The molecule has 0 aromatic heterocycles. The van der Waals surface area contributed by atoms with Gasteiger partial charge in [0.2, 0.25) is 0 Å². The predicted molar refractivity (Wildman–Crippen MR) is 93.8 cm³/mol. The summed E-state index contributed by atoms with van der Waals surface area (Å²) >= 11 is 0. The molecular formula is C18H31NO6. The second-order valence-corrected chi connectivity index (χ2v) is 6.18. The van der Waals surface area contributed by atoms with Crippen molar-refractivity contribution >= 4 is 5.97 Å². The Morgan fingerprint density at radius 2 is 1.96 bits per heavy atom. The van der Waals surface area contributed by atoms with Crippen molar-refractivity contribution in [1.82, 2.24) is 4.90 Å². The first-order chi connectivity index (χ1) is 12.0. The molecule has 7 nitrogen and oxygen atoms in total. The van der Waals surface area contributed by atoms with Crippen LogP contribution in [0.3, 0.4) is 0 Å². The van der Waals surface area contributed by atoms with E-state index in [0.29, 0.717) is 6.42 Å². The molecule has 1 saturated heterocycles. The van der Waals surface area contributed by atoms with Crippen LogP contribution in [-0.4, -0.2) is 82.0 Å². The number of hydrogen-bond acceptors (Lipinski definition) is 7. The van der Waals surface area contributed by atoms with E-state index in [-0.39, 0.29) is 32.3 Å². The summed E-state index contributed by atoms with van der Waals surface area (Å²) in [4.78, 5) is 13.3. The number of aliphatic hydroxyl groups is 4. The fraction of sp³-hybridized carbons (Fsp3) is 0.722. The molecule has 0 amide bonds. The Morgan fingerprint density at radius 3 is 2.64 bits per heavy atom. The highest BCUT2D eigenvalue weighted by Gasteiger charge is 2.40. The number of β-amino-alcohol motifs (C(OH)–C–C–N with tert-alkyl or cyclic N) is 1. The van der Waals surface area contributed by atoms with E-state index in [1.54, 1.807) is 4.90 Å². The molecule has 25 heavy (non-hydrogen) atoms. The topological polar surface area (TPSA) is 110 Å². The zero-order valence-electron chi connectivity index (χ0n) is 14.8. The van der Waals surface area contributed by atoms with Crippen molar-refractivity contribution in [3.8, 4) is 0 Å². The average Bonchev–Trinajstić information content (AvgIpc) is 2.59. The van der Waals surface area contributed by atoms with Gasteiger partial charge in [-0.15, -0.1) is 0 Å². The lowest BCUT2D eigenvalue weighted by Gasteiger charge is -2.42. The second-order valence-electron chi connectivity index (χ2n) is 6.18. The lowest BCUT2D eigenvalue weighted by Crippen LogP contribution is -2.62. The third-order valence-corrected chi connectivity index (χ3v) is 4.28. The number of carbonyl (C=O) groups is 1. The average molecular weight is 357 g/mol. The van der Waals surface area contributed by atoms with Crippen LogP contribution in [0.15, 0.2) is 24.3 Å². The third-order valence-electron chi connectivity index (χ3n) is 4.28. The van der Waals surface area contributed by atoms with E-state index in [2.05, 4.69) is 12.2 Å². The molecule has 0 saturated carbocycles. The highest BCUT2D eigenvalue weighted by atomic mass is 16.5. The number of rotatable bonds is 10. The number of allylic oxidation sites excluding steroid dienone is 4. The first-order valence-electron chi connectivity index (χ1n) is 8.82. The Morgan fingerprint density at radius 1 is 1.20 bits per heavy atom. The van der Waals surface area contributed by atoms with Crippen molar-refractivity contribution < 1.29 is 30.0 Å². The zero-order valence-corrected chi connectivity index (χ0v) is 14.8. The van der Waals surface area contributed by atoms with Gasteiger partial charge in [0.25, 0.3) is 0 Å². The summed E-state index contributed by atoms with van der Waals surface area (Å²) in [5, 5.41) is 38.6. The highest BCUT2D eigenvalue weighted by Crippen LogP contribution is 2.18. The van der Waals surface area contributed by atoms with Gasteiger partial charge >= 0.3 is 5.97 Å². The summed E-state index contributed by atoms with van der Waals surface area (Å²) in [5.41, 5.74) is 0. The number of carbonyl (C=O) groups excluding carboxylic acids is 1. The van der Waals surface area contributed by atoms with Crippen LogP contribution in [0.25, 0.3) is 0 Å². The molecule has 7 heteroatoms. The lowest BCUT2D eigenvalue weighted by atomic mass is 9.94. The maximum absolute atomic E-state index is 11.7. The van der Waals surface area contributed by atoms with Gasteiger partial charge in [0.05, 0.1) is 18.8 Å². The van der Waals surface area contributed by atoms with E-state index in [1.807, 2.05) is 19.1 Å². The Kier molecular flexibility index (Phi) is 10.6. The van der Waals surface area contributed by atoms with Crippen LogP contribution in [0.1, 0.15) is 32.6 Å². The Hall–Kier alpha value is -1.25. The Balaban J connectivity index is 2.22. The van der Waals surface area contributed by atoms with E-state index < -0.39 is 24.4 Å². The molecule has 4 N–H and O–H groups in total. The number of esters is 1. The van der Waals surface area contributed by atoms with Crippen molar-refractivity contribution in [3.63, 3.8) is 0 Å².